The molecule has 0 spiro atoms. The van der Waals surface area contributed by atoms with Crippen molar-refractivity contribution < 1.29 is 18.6 Å². The second-order valence-corrected chi connectivity index (χ2v) is 12.1. The van der Waals surface area contributed by atoms with Gasteiger partial charge in [0.1, 0.15) is 0 Å². The zero-order chi connectivity index (χ0) is 24.4. The SMILES string of the molecule is Cc1c(NC(=O)c2ccc(COC3CC3)cc2)ccc2cc(CNC3CCS(O)(O)CC3)cnc12. The number of benzene rings is 2. The highest BCUT2D eigenvalue weighted by molar-refractivity contribution is 8.24. The standard InChI is InChI=1S/C27H33N3O4S/c1-18-25(30-27(31)21-4-2-19(3-5-21)17-34-24-7-8-24)9-6-22-14-20(16-29-26(18)22)15-28-23-10-12-35(32,33)13-11-23/h2-6,9,14,16,23-24,28,32-33H,7-8,10-13,15,17H2,1H3,(H,30,31). The molecule has 0 bridgehead atoms. The number of aryl methyl sites for hydroxylation is 1. The number of carbonyl (C=O) groups is 1. The van der Waals surface area contributed by atoms with Crippen molar-refractivity contribution >= 4 is 33.1 Å². The maximum absolute atomic E-state index is 12.8. The second kappa shape index (κ2) is 10.2. The first-order valence-corrected chi connectivity index (χ1v) is 14.1. The van der Waals surface area contributed by atoms with E-state index in [-0.39, 0.29) is 5.91 Å². The number of nitrogens with one attached hydrogen (secondary N) is 2. The average molecular weight is 496 g/mol. The monoisotopic (exact) mass is 495 g/mol. The molecular weight excluding hydrogens is 462 g/mol. The second-order valence-electron chi connectivity index (χ2n) is 9.68. The molecule has 3 aromatic rings. The van der Waals surface area contributed by atoms with Gasteiger partial charge in [0.15, 0.2) is 0 Å². The summed E-state index contributed by atoms with van der Waals surface area (Å²) in [6.45, 7) is 3.25. The van der Waals surface area contributed by atoms with Crippen LogP contribution < -0.4 is 10.6 Å². The molecule has 4 N–H and O–H groups in total. The number of pyridine rings is 1. The number of rotatable bonds is 8. The van der Waals surface area contributed by atoms with Gasteiger partial charge in [0.25, 0.3) is 5.91 Å². The molecule has 0 unspecified atom stereocenters. The number of nitrogens with zero attached hydrogens (tertiary/aromatic N) is 1. The number of fused-ring (bicyclic) bond motifs is 1. The van der Waals surface area contributed by atoms with E-state index in [2.05, 4.69) is 21.7 Å². The van der Waals surface area contributed by atoms with E-state index < -0.39 is 10.6 Å². The van der Waals surface area contributed by atoms with E-state index in [1.54, 1.807) is 0 Å². The summed E-state index contributed by atoms with van der Waals surface area (Å²) in [4.78, 5) is 17.5. The summed E-state index contributed by atoms with van der Waals surface area (Å²) in [5, 5.41) is 7.57. The molecule has 1 aliphatic heterocycles. The zero-order valence-corrected chi connectivity index (χ0v) is 20.8. The summed E-state index contributed by atoms with van der Waals surface area (Å²) in [7, 11) is -2.36. The Morgan fingerprint density at radius 1 is 1.06 bits per heavy atom. The molecular formula is C27H33N3O4S. The molecule has 1 saturated heterocycles. The number of amides is 1. The van der Waals surface area contributed by atoms with Crippen LogP contribution in [0.1, 0.15) is 52.7 Å². The molecule has 1 saturated carbocycles. The Labute approximate surface area is 207 Å². The van der Waals surface area contributed by atoms with Gasteiger partial charge in [-0.25, -0.2) is 0 Å². The van der Waals surface area contributed by atoms with Crippen LogP contribution >= 0.6 is 10.6 Å². The fraction of sp³-hybridized carbons (Fsp3) is 0.407. The van der Waals surface area contributed by atoms with Gasteiger partial charge in [0.05, 0.1) is 18.2 Å². The van der Waals surface area contributed by atoms with Crippen LogP contribution in [0.3, 0.4) is 0 Å². The Balaban J connectivity index is 1.20. The van der Waals surface area contributed by atoms with Crippen molar-refractivity contribution in [3.05, 3.63) is 70.9 Å². The molecule has 2 aliphatic rings. The molecule has 0 radical (unpaired) electrons. The smallest absolute Gasteiger partial charge is 0.255 e. The van der Waals surface area contributed by atoms with E-state index in [0.29, 0.717) is 42.4 Å². The first-order chi connectivity index (χ1) is 16.9. The molecule has 186 valence electrons. The van der Waals surface area contributed by atoms with Crippen molar-refractivity contribution in [3.8, 4) is 0 Å². The minimum Gasteiger partial charge on any atom is -0.374 e. The summed E-state index contributed by atoms with van der Waals surface area (Å²) in [5.41, 5.74) is 5.32. The lowest BCUT2D eigenvalue weighted by atomic mass is 10.1. The number of ether oxygens (including phenoxy) is 1. The van der Waals surface area contributed by atoms with E-state index in [1.165, 1.54) is 0 Å². The minimum absolute atomic E-state index is 0.146. The molecule has 1 amide bonds. The van der Waals surface area contributed by atoms with E-state index in [4.69, 9.17) is 4.74 Å². The number of carbonyl (C=O) groups excluding carboxylic acids is 1. The number of hydrogen-bond acceptors (Lipinski definition) is 6. The van der Waals surface area contributed by atoms with Gasteiger partial charge in [-0.1, -0.05) is 18.2 Å². The Bertz CT molecular complexity index is 1200. The largest absolute Gasteiger partial charge is 0.374 e. The molecule has 8 heteroatoms. The Morgan fingerprint density at radius 3 is 2.51 bits per heavy atom. The van der Waals surface area contributed by atoms with Crippen molar-refractivity contribution in [2.24, 2.45) is 0 Å². The van der Waals surface area contributed by atoms with Crippen LogP contribution in [0.2, 0.25) is 0 Å². The fourth-order valence-electron chi connectivity index (χ4n) is 4.40. The molecule has 7 nitrogen and oxygen atoms in total. The molecule has 0 atom stereocenters. The van der Waals surface area contributed by atoms with Gasteiger partial charge in [-0.3, -0.25) is 18.9 Å². The average Bonchev–Trinajstić information content (AvgIpc) is 3.69. The van der Waals surface area contributed by atoms with E-state index >= 15 is 0 Å². The van der Waals surface area contributed by atoms with Crippen LogP contribution in [0.4, 0.5) is 5.69 Å². The topological polar surface area (TPSA) is 104 Å². The van der Waals surface area contributed by atoms with Crippen molar-refractivity contribution in [2.45, 2.75) is 57.9 Å². The van der Waals surface area contributed by atoms with Crippen LogP contribution in [0, 0.1) is 6.92 Å². The lowest BCUT2D eigenvalue weighted by Crippen LogP contribution is -2.35. The zero-order valence-electron chi connectivity index (χ0n) is 20.0. The fourth-order valence-corrected chi connectivity index (χ4v) is 5.92. The first-order valence-electron chi connectivity index (χ1n) is 12.2. The van der Waals surface area contributed by atoms with Crippen LogP contribution in [0.25, 0.3) is 10.9 Å². The van der Waals surface area contributed by atoms with Crippen LogP contribution in [0.5, 0.6) is 0 Å². The number of anilines is 1. The molecule has 1 aliphatic carbocycles. The van der Waals surface area contributed by atoms with Gasteiger partial charge < -0.3 is 15.4 Å². The predicted octanol–water partition coefficient (Wildman–Crippen LogP) is 5.48. The van der Waals surface area contributed by atoms with Gasteiger partial charge >= 0.3 is 0 Å². The molecule has 2 aromatic carbocycles. The highest BCUT2D eigenvalue weighted by Crippen LogP contribution is 2.43. The van der Waals surface area contributed by atoms with Crippen molar-refractivity contribution in [1.82, 2.24) is 10.3 Å². The van der Waals surface area contributed by atoms with Gasteiger partial charge in [-0.15, -0.1) is 0 Å². The van der Waals surface area contributed by atoms with Crippen LogP contribution in [0.15, 0.2) is 48.7 Å². The molecule has 2 fully saturated rings. The Morgan fingerprint density at radius 2 is 1.80 bits per heavy atom. The lowest BCUT2D eigenvalue weighted by Gasteiger charge is -2.39. The van der Waals surface area contributed by atoms with Crippen LogP contribution in [-0.4, -0.2) is 43.6 Å². The Hall–Kier alpha value is -2.49. The summed E-state index contributed by atoms with van der Waals surface area (Å²) in [5.74, 6) is 0.813. The lowest BCUT2D eigenvalue weighted by molar-refractivity contribution is 0.102. The highest BCUT2D eigenvalue weighted by atomic mass is 32.3. The van der Waals surface area contributed by atoms with Gasteiger partial charge in [-0.2, -0.15) is 10.6 Å². The molecule has 1 aromatic heterocycles. The van der Waals surface area contributed by atoms with Crippen molar-refractivity contribution in [3.63, 3.8) is 0 Å². The van der Waals surface area contributed by atoms with Crippen LogP contribution in [-0.2, 0) is 17.9 Å². The Kier molecular flexibility index (Phi) is 7.09. The van der Waals surface area contributed by atoms with Crippen molar-refractivity contribution in [1.29, 1.82) is 0 Å². The van der Waals surface area contributed by atoms with Gasteiger partial charge in [-0.05, 0) is 73.6 Å². The van der Waals surface area contributed by atoms with E-state index in [0.717, 1.165) is 59.0 Å². The van der Waals surface area contributed by atoms with Crippen molar-refractivity contribution in [2.75, 3.05) is 16.8 Å². The molecule has 2 heterocycles. The minimum atomic E-state index is -2.36. The van der Waals surface area contributed by atoms with Gasteiger partial charge in [0.2, 0.25) is 0 Å². The number of aromatic nitrogens is 1. The first kappa shape index (κ1) is 24.2. The molecule has 35 heavy (non-hydrogen) atoms. The highest BCUT2D eigenvalue weighted by Gasteiger charge is 2.24. The third kappa shape index (κ3) is 6.20. The summed E-state index contributed by atoms with van der Waals surface area (Å²) in [6.07, 6.45) is 6.14. The van der Waals surface area contributed by atoms with Gasteiger partial charge in [0, 0.05) is 46.9 Å². The summed E-state index contributed by atoms with van der Waals surface area (Å²) < 4.78 is 25.3. The molecule has 5 rings (SSSR count). The third-order valence-corrected chi connectivity index (χ3v) is 8.60. The van der Waals surface area contributed by atoms with E-state index in [9.17, 15) is 13.9 Å². The maximum Gasteiger partial charge on any atom is 0.255 e. The quantitative estimate of drug-likeness (QED) is 0.330. The maximum atomic E-state index is 12.8. The number of hydrogen-bond donors (Lipinski definition) is 4. The van der Waals surface area contributed by atoms with E-state index in [1.807, 2.05) is 49.5 Å². The summed E-state index contributed by atoms with van der Waals surface area (Å²) in [6, 6.07) is 13.9. The predicted molar refractivity (Wildman–Crippen MR) is 141 cm³/mol. The normalized spacial score (nSPS) is 18.9. The third-order valence-electron chi connectivity index (χ3n) is 6.82. The summed E-state index contributed by atoms with van der Waals surface area (Å²) >= 11 is 0.